The van der Waals surface area contributed by atoms with E-state index in [1.807, 2.05) is 0 Å². The molecule has 2 heterocycles. The molecule has 1 amide bonds. The Morgan fingerprint density at radius 1 is 1.20 bits per heavy atom. The average molecular weight is 430 g/mol. The predicted molar refractivity (Wildman–Crippen MR) is 111 cm³/mol. The van der Waals surface area contributed by atoms with Crippen LogP contribution < -0.4 is 5.32 Å². The van der Waals surface area contributed by atoms with Crippen molar-refractivity contribution in [1.29, 1.82) is 0 Å². The maximum absolute atomic E-state index is 12.8. The molecule has 0 spiro atoms. The minimum atomic E-state index is -1.08. The fraction of sp³-hybridized carbons (Fsp3) is 0.333. The number of Topliss-reactive ketones (excluding diaryl/α,β-unsaturated/α-hetero) is 1. The first-order valence-corrected chi connectivity index (χ1v) is 10.4. The fourth-order valence-electron chi connectivity index (χ4n) is 3.20. The third-order valence-corrected chi connectivity index (χ3v) is 5.74. The molecule has 1 aliphatic heterocycles. The van der Waals surface area contributed by atoms with Crippen LogP contribution >= 0.6 is 11.8 Å². The first-order valence-electron chi connectivity index (χ1n) is 9.41. The van der Waals surface area contributed by atoms with E-state index in [2.05, 4.69) is 10.3 Å². The number of benzene rings is 1. The van der Waals surface area contributed by atoms with Crippen LogP contribution in [0.1, 0.15) is 56.3 Å². The number of anilines is 1. The lowest BCUT2D eigenvalue weighted by molar-refractivity contribution is -0.113. The van der Waals surface area contributed by atoms with Gasteiger partial charge >= 0.3 is 11.9 Å². The fourth-order valence-corrected chi connectivity index (χ4v) is 3.99. The standard InChI is InChI=1S/C21H22N2O6S/c1-5-28-21(27)17-10(2)18(22-11(17)3)19(25)12(4)29-20(26)13-6-7-15-14(8-13)23-16(24)9-30-15/h6-8,12,22H,5,9H2,1-4H3,(H,23,24). The summed E-state index contributed by atoms with van der Waals surface area (Å²) in [4.78, 5) is 52.8. The molecule has 8 nitrogen and oxygen atoms in total. The van der Waals surface area contributed by atoms with E-state index in [9.17, 15) is 19.2 Å². The Kier molecular flexibility index (Phi) is 6.31. The number of ether oxygens (including phenoxy) is 2. The van der Waals surface area contributed by atoms with Crippen LogP contribution in [0.25, 0.3) is 0 Å². The number of aryl methyl sites for hydroxylation is 1. The molecule has 3 rings (SSSR count). The van der Waals surface area contributed by atoms with Crippen LogP contribution in [0.15, 0.2) is 23.1 Å². The van der Waals surface area contributed by atoms with Crippen molar-refractivity contribution in [3.05, 3.63) is 46.3 Å². The molecule has 2 aromatic rings. The molecule has 0 bridgehead atoms. The number of aromatic amines is 1. The van der Waals surface area contributed by atoms with Gasteiger partial charge in [-0.15, -0.1) is 11.8 Å². The van der Waals surface area contributed by atoms with Gasteiger partial charge in [0, 0.05) is 10.6 Å². The smallest absolute Gasteiger partial charge is 0.340 e. The highest BCUT2D eigenvalue weighted by Crippen LogP contribution is 2.32. The number of esters is 2. The second-order valence-corrected chi connectivity index (χ2v) is 7.82. The molecule has 0 radical (unpaired) electrons. The highest BCUT2D eigenvalue weighted by Gasteiger charge is 2.28. The van der Waals surface area contributed by atoms with Gasteiger partial charge in [-0.25, -0.2) is 9.59 Å². The maximum Gasteiger partial charge on any atom is 0.340 e. The first kappa shape index (κ1) is 21.6. The van der Waals surface area contributed by atoms with Crippen LogP contribution in [0.5, 0.6) is 0 Å². The number of fused-ring (bicyclic) bond motifs is 1. The number of carbonyl (C=O) groups excluding carboxylic acids is 4. The second-order valence-electron chi connectivity index (χ2n) is 6.81. The van der Waals surface area contributed by atoms with Gasteiger partial charge in [-0.2, -0.15) is 0 Å². The van der Waals surface area contributed by atoms with Gasteiger partial charge in [0.2, 0.25) is 11.7 Å². The zero-order chi connectivity index (χ0) is 22.0. The SMILES string of the molecule is CCOC(=O)c1c(C)[nH]c(C(=O)C(C)OC(=O)c2ccc3c(c2)NC(=O)CS3)c1C. The van der Waals surface area contributed by atoms with E-state index >= 15 is 0 Å². The van der Waals surface area contributed by atoms with Crippen LogP contribution in [0.2, 0.25) is 0 Å². The van der Waals surface area contributed by atoms with Crippen molar-refractivity contribution in [3.63, 3.8) is 0 Å². The third-order valence-electron chi connectivity index (χ3n) is 4.66. The molecule has 2 N–H and O–H groups in total. The van der Waals surface area contributed by atoms with Crippen LogP contribution in [-0.4, -0.2) is 47.1 Å². The van der Waals surface area contributed by atoms with Crippen molar-refractivity contribution < 1.29 is 28.7 Å². The Balaban J connectivity index is 1.75. The molecule has 1 atom stereocenters. The van der Waals surface area contributed by atoms with Crippen molar-refractivity contribution in [2.45, 2.75) is 38.7 Å². The average Bonchev–Trinajstić information content (AvgIpc) is 3.00. The monoisotopic (exact) mass is 430 g/mol. The summed E-state index contributed by atoms with van der Waals surface area (Å²) >= 11 is 1.38. The number of amides is 1. The second kappa shape index (κ2) is 8.74. The van der Waals surface area contributed by atoms with Gasteiger partial charge in [0.05, 0.1) is 34.9 Å². The summed E-state index contributed by atoms with van der Waals surface area (Å²) < 4.78 is 10.4. The molecule has 0 saturated heterocycles. The summed E-state index contributed by atoms with van der Waals surface area (Å²) in [5.74, 6) is -1.47. The minimum Gasteiger partial charge on any atom is -0.462 e. The third kappa shape index (κ3) is 4.25. The van der Waals surface area contributed by atoms with Gasteiger partial charge in [0.15, 0.2) is 6.10 Å². The molecule has 1 aromatic heterocycles. The van der Waals surface area contributed by atoms with Gasteiger partial charge in [0.1, 0.15) is 0 Å². The number of carbonyl (C=O) groups is 4. The Morgan fingerprint density at radius 2 is 1.93 bits per heavy atom. The Morgan fingerprint density at radius 3 is 2.63 bits per heavy atom. The molecular weight excluding hydrogens is 408 g/mol. The highest BCUT2D eigenvalue weighted by atomic mass is 32.2. The van der Waals surface area contributed by atoms with E-state index in [1.54, 1.807) is 32.9 Å². The topological polar surface area (TPSA) is 115 Å². The van der Waals surface area contributed by atoms with E-state index in [4.69, 9.17) is 9.47 Å². The summed E-state index contributed by atoms with van der Waals surface area (Å²) in [6, 6.07) is 4.85. The zero-order valence-electron chi connectivity index (χ0n) is 17.1. The van der Waals surface area contributed by atoms with Gasteiger partial charge < -0.3 is 19.8 Å². The van der Waals surface area contributed by atoms with Crippen molar-refractivity contribution >= 4 is 41.1 Å². The van der Waals surface area contributed by atoms with E-state index in [0.29, 0.717) is 28.3 Å². The lowest BCUT2D eigenvalue weighted by Gasteiger charge is -2.17. The molecule has 30 heavy (non-hydrogen) atoms. The van der Waals surface area contributed by atoms with Crippen molar-refractivity contribution in [1.82, 2.24) is 4.98 Å². The molecule has 0 saturated carbocycles. The van der Waals surface area contributed by atoms with Crippen LogP contribution in [-0.2, 0) is 14.3 Å². The molecule has 0 fully saturated rings. The lowest BCUT2D eigenvalue weighted by atomic mass is 10.1. The summed E-state index contributed by atoms with van der Waals surface area (Å²) in [7, 11) is 0. The van der Waals surface area contributed by atoms with Gasteiger partial charge in [-0.05, 0) is 51.5 Å². The number of ketones is 1. The van der Waals surface area contributed by atoms with Crippen LogP contribution in [0, 0.1) is 13.8 Å². The Labute approximate surface area is 177 Å². The summed E-state index contributed by atoms with van der Waals surface area (Å²) in [6.45, 7) is 6.71. The minimum absolute atomic E-state index is 0.142. The number of nitrogens with one attached hydrogen (secondary N) is 2. The lowest BCUT2D eigenvalue weighted by Crippen LogP contribution is -2.25. The van der Waals surface area contributed by atoms with Crippen LogP contribution in [0.4, 0.5) is 5.69 Å². The van der Waals surface area contributed by atoms with Gasteiger partial charge in [0.25, 0.3) is 0 Å². The van der Waals surface area contributed by atoms with Crippen LogP contribution in [0.3, 0.4) is 0 Å². The summed E-state index contributed by atoms with van der Waals surface area (Å²) in [6.07, 6.45) is -1.08. The number of aromatic nitrogens is 1. The number of thioether (sulfide) groups is 1. The molecule has 1 aliphatic rings. The predicted octanol–water partition coefficient (Wildman–Crippen LogP) is 3.28. The highest BCUT2D eigenvalue weighted by molar-refractivity contribution is 8.00. The summed E-state index contributed by atoms with van der Waals surface area (Å²) in [5.41, 5.74) is 2.23. The zero-order valence-corrected chi connectivity index (χ0v) is 17.9. The summed E-state index contributed by atoms with van der Waals surface area (Å²) in [5, 5.41) is 2.71. The molecule has 1 aromatic carbocycles. The number of hydrogen-bond acceptors (Lipinski definition) is 7. The Hall–Kier alpha value is -3.07. The van der Waals surface area contributed by atoms with Crippen molar-refractivity contribution in [2.75, 3.05) is 17.7 Å². The Bertz CT molecular complexity index is 1040. The largest absolute Gasteiger partial charge is 0.462 e. The van der Waals surface area contributed by atoms with Gasteiger partial charge in [-0.3, -0.25) is 9.59 Å². The number of H-pyrrole nitrogens is 1. The molecule has 1 unspecified atom stereocenters. The van der Waals surface area contributed by atoms with Gasteiger partial charge in [-0.1, -0.05) is 0 Å². The number of hydrogen-bond donors (Lipinski definition) is 2. The molecular formula is C21H22N2O6S. The van der Waals surface area contributed by atoms with E-state index in [1.165, 1.54) is 24.8 Å². The molecule has 158 valence electrons. The molecule has 9 heteroatoms. The quantitative estimate of drug-likeness (QED) is 0.534. The van der Waals surface area contributed by atoms with E-state index in [-0.39, 0.29) is 23.8 Å². The van der Waals surface area contributed by atoms with E-state index < -0.39 is 23.8 Å². The van der Waals surface area contributed by atoms with Crippen molar-refractivity contribution in [3.8, 4) is 0 Å². The number of rotatable bonds is 6. The maximum atomic E-state index is 12.8. The molecule has 0 aliphatic carbocycles. The normalized spacial score (nSPS) is 13.8. The van der Waals surface area contributed by atoms with Crippen molar-refractivity contribution in [2.24, 2.45) is 0 Å². The first-order chi connectivity index (χ1) is 14.2. The van der Waals surface area contributed by atoms with E-state index in [0.717, 1.165) is 4.90 Å².